The summed E-state index contributed by atoms with van der Waals surface area (Å²) in [7, 11) is 2.46. The highest BCUT2D eigenvalue weighted by Gasteiger charge is 2.15. The van der Waals surface area contributed by atoms with E-state index in [1.807, 2.05) is 19.9 Å². The van der Waals surface area contributed by atoms with Gasteiger partial charge in [0.1, 0.15) is 11.4 Å². The zero-order valence-electron chi connectivity index (χ0n) is 13.2. The number of carbonyl (C=O) groups excluding carboxylic acids is 2. The van der Waals surface area contributed by atoms with Crippen LogP contribution in [0.2, 0.25) is 0 Å². The molecule has 0 aliphatic rings. The quantitative estimate of drug-likeness (QED) is 0.616. The lowest BCUT2D eigenvalue weighted by atomic mass is 10.2. The topological polar surface area (TPSA) is 73.9 Å². The average molecular weight is 307 g/mol. The fourth-order valence-corrected chi connectivity index (χ4v) is 1.55. The van der Waals surface area contributed by atoms with E-state index in [0.717, 1.165) is 12.5 Å². The van der Waals surface area contributed by atoms with Gasteiger partial charge in [-0.05, 0) is 25.5 Å². The standard InChI is InChI=1S/C16H21NO5/c1-5-11(2)22-14-9-7-6-8-12(14)17-13(16(19)21-4)10-15(18)20-3/h6-11,17H,5H2,1-4H3/b13-10+. The molecule has 120 valence electrons. The Morgan fingerprint density at radius 3 is 2.50 bits per heavy atom. The molecular weight excluding hydrogens is 286 g/mol. The molecule has 6 heteroatoms. The summed E-state index contributed by atoms with van der Waals surface area (Å²) < 4.78 is 15.0. The molecule has 1 unspecified atom stereocenters. The fourth-order valence-electron chi connectivity index (χ4n) is 1.55. The van der Waals surface area contributed by atoms with E-state index >= 15 is 0 Å². The first-order chi connectivity index (χ1) is 10.5. The number of nitrogens with one attached hydrogen (secondary N) is 1. The minimum absolute atomic E-state index is 0.0223. The first-order valence-corrected chi connectivity index (χ1v) is 6.92. The van der Waals surface area contributed by atoms with E-state index in [1.165, 1.54) is 14.2 Å². The first-order valence-electron chi connectivity index (χ1n) is 6.92. The molecule has 1 aromatic rings. The van der Waals surface area contributed by atoms with E-state index in [9.17, 15) is 9.59 Å². The summed E-state index contributed by atoms with van der Waals surface area (Å²) in [6, 6.07) is 7.14. The van der Waals surface area contributed by atoms with Crippen LogP contribution in [0.15, 0.2) is 36.0 Å². The molecule has 0 fully saturated rings. The molecule has 6 nitrogen and oxygen atoms in total. The van der Waals surface area contributed by atoms with E-state index in [1.54, 1.807) is 18.2 Å². The van der Waals surface area contributed by atoms with Crippen LogP contribution < -0.4 is 10.1 Å². The maximum Gasteiger partial charge on any atom is 0.354 e. The lowest BCUT2D eigenvalue weighted by molar-refractivity contribution is -0.138. The predicted octanol–water partition coefficient (Wildman–Crippen LogP) is 2.51. The molecule has 0 spiro atoms. The van der Waals surface area contributed by atoms with Crippen LogP contribution in [0.5, 0.6) is 5.75 Å². The van der Waals surface area contributed by atoms with Crippen LogP contribution in [0.25, 0.3) is 0 Å². The number of para-hydroxylation sites is 2. The highest BCUT2D eigenvalue weighted by atomic mass is 16.5. The third-order valence-corrected chi connectivity index (χ3v) is 2.93. The van der Waals surface area contributed by atoms with Crippen LogP contribution in [0.3, 0.4) is 0 Å². The van der Waals surface area contributed by atoms with Gasteiger partial charge < -0.3 is 19.5 Å². The second-order valence-electron chi connectivity index (χ2n) is 4.53. The van der Waals surface area contributed by atoms with Gasteiger partial charge in [-0.1, -0.05) is 19.1 Å². The summed E-state index contributed by atoms with van der Waals surface area (Å²) in [5.41, 5.74) is 0.526. The van der Waals surface area contributed by atoms with Crippen molar-refractivity contribution >= 4 is 17.6 Å². The van der Waals surface area contributed by atoms with Crippen molar-refractivity contribution in [2.24, 2.45) is 0 Å². The molecule has 0 saturated heterocycles. The molecule has 1 atom stereocenters. The Bertz CT molecular complexity index is 553. The van der Waals surface area contributed by atoms with Crippen LogP contribution in [0, 0.1) is 0 Å². The molecule has 1 aromatic carbocycles. The summed E-state index contributed by atoms with van der Waals surface area (Å²) >= 11 is 0. The van der Waals surface area contributed by atoms with Gasteiger partial charge in [-0.15, -0.1) is 0 Å². The van der Waals surface area contributed by atoms with E-state index in [4.69, 9.17) is 4.74 Å². The molecule has 0 saturated carbocycles. The Labute approximate surface area is 130 Å². The van der Waals surface area contributed by atoms with Crippen LogP contribution in [0.1, 0.15) is 20.3 Å². The fraction of sp³-hybridized carbons (Fsp3) is 0.375. The molecule has 0 aliphatic carbocycles. The Kier molecular flexibility index (Phi) is 6.95. The molecule has 0 heterocycles. The highest BCUT2D eigenvalue weighted by Crippen LogP contribution is 2.26. The molecule has 1 rings (SSSR count). The third kappa shape index (κ3) is 5.12. The Balaban J connectivity index is 3.05. The van der Waals surface area contributed by atoms with Crippen molar-refractivity contribution in [2.45, 2.75) is 26.4 Å². The van der Waals surface area contributed by atoms with Crippen LogP contribution >= 0.6 is 0 Å². The molecule has 0 aliphatic heterocycles. The van der Waals surface area contributed by atoms with E-state index in [2.05, 4.69) is 14.8 Å². The van der Waals surface area contributed by atoms with E-state index in [-0.39, 0.29) is 11.8 Å². The molecule has 0 bridgehead atoms. The van der Waals surface area contributed by atoms with Gasteiger partial charge in [-0.25, -0.2) is 9.59 Å². The number of anilines is 1. The number of hydrogen-bond acceptors (Lipinski definition) is 6. The van der Waals surface area contributed by atoms with Crippen LogP contribution in [-0.4, -0.2) is 32.3 Å². The molecule has 0 radical (unpaired) electrons. The van der Waals surface area contributed by atoms with Crippen molar-refractivity contribution in [1.29, 1.82) is 0 Å². The van der Waals surface area contributed by atoms with Crippen LogP contribution in [0.4, 0.5) is 5.69 Å². The SMILES string of the molecule is CCC(C)Oc1ccccc1N/C(=C/C(=O)OC)C(=O)OC. The highest BCUT2D eigenvalue weighted by molar-refractivity contribution is 5.99. The van der Waals surface area contributed by atoms with E-state index < -0.39 is 11.9 Å². The molecule has 1 N–H and O–H groups in total. The van der Waals surface area contributed by atoms with Gasteiger partial charge in [-0.3, -0.25) is 0 Å². The second-order valence-corrected chi connectivity index (χ2v) is 4.53. The van der Waals surface area contributed by atoms with Crippen molar-refractivity contribution in [3.05, 3.63) is 36.0 Å². The summed E-state index contributed by atoms with van der Waals surface area (Å²) in [6.07, 6.45) is 1.90. The Hall–Kier alpha value is -2.50. The largest absolute Gasteiger partial charge is 0.489 e. The lowest BCUT2D eigenvalue weighted by Crippen LogP contribution is -2.17. The summed E-state index contributed by atoms with van der Waals surface area (Å²) in [6.45, 7) is 3.96. The van der Waals surface area contributed by atoms with Crippen molar-refractivity contribution < 1.29 is 23.8 Å². The number of rotatable bonds is 7. The molecular formula is C16H21NO5. The number of ether oxygens (including phenoxy) is 3. The molecule has 22 heavy (non-hydrogen) atoms. The van der Waals surface area contributed by atoms with Crippen LogP contribution in [-0.2, 0) is 19.1 Å². The number of carbonyl (C=O) groups is 2. The summed E-state index contributed by atoms with van der Waals surface area (Å²) in [4.78, 5) is 23.1. The van der Waals surface area contributed by atoms with Gasteiger partial charge in [0.25, 0.3) is 0 Å². The third-order valence-electron chi connectivity index (χ3n) is 2.93. The number of benzene rings is 1. The average Bonchev–Trinajstić information content (AvgIpc) is 2.54. The smallest absolute Gasteiger partial charge is 0.354 e. The predicted molar refractivity (Wildman–Crippen MR) is 82.6 cm³/mol. The second kappa shape index (κ2) is 8.71. The van der Waals surface area contributed by atoms with Gasteiger partial charge in [0.05, 0.1) is 32.1 Å². The minimum Gasteiger partial charge on any atom is -0.489 e. The minimum atomic E-state index is -0.677. The van der Waals surface area contributed by atoms with Crippen molar-refractivity contribution in [3.63, 3.8) is 0 Å². The molecule has 0 aromatic heterocycles. The number of methoxy groups -OCH3 is 2. The first kappa shape index (κ1) is 17.6. The Morgan fingerprint density at radius 1 is 1.23 bits per heavy atom. The maximum absolute atomic E-state index is 11.8. The number of esters is 2. The summed E-state index contributed by atoms with van der Waals surface area (Å²) in [5.74, 6) is -0.756. The van der Waals surface area contributed by atoms with Gasteiger partial charge in [0.15, 0.2) is 0 Å². The van der Waals surface area contributed by atoms with Gasteiger partial charge >= 0.3 is 11.9 Å². The van der Waals surface area contributed by atoms with Crippen molar-refractivity contribution in [1.82, 2.24) is 0 Å². The lowest BCUT2D eigenvalue weighted by Gasteiger charge is -2.17. The normalized spacial score (nSPS) is 12.3. The Morgan fingerprint density at radius 2 is 1.91 bits per heavy atom. The monoisotopic (exact) mass is 307 g/mol. The summed E-state index contributed by atoms with van der Waals surface area (Å²) in [5, 5.41) is 2.85. The zero-order chi connectivity index (χ0) is 16.5. The van der Waals surface area contributed by atoms with Gasteiger partial charge in [0.2, 0.25) is 0 Å². The van der Waals surface area contributed by atoms with Crippen molar-refractivity contribution in [2.75, 3.05) is 19.5 Å². The van der Waals surface area contributed by atoms with Gasteiger partial charge in [0, 0.05) is 0 Å². The maximum atomic E-state index is 11.8. The van der Waals surface area contributed by atoms with Gasteiger partial charge in [-0.2, -0.15) is 0 Å². The van der Waals surface area contributed by atoms with E-state index in [0.29, 0.717) is 11.4 Å². The van der Waals surface area contributed by atoms with Crippen molar-refractivity contribution in [3.8, 4) is 5.75 Å². The number of hydrogen-bond donors (Lipinski definition) is 1. The molecule has 0 amide bonds. The zero-order valence-corrected chi connectivity index (χ0v) is 13.2.